The minimum atomic E-state index is -1.90. The minimum Gasteiger partial charge on any atom is -0.415 e. The smallest absolute Gasteiger partial charge is 0.210 e. The van der Waals surface area contributed by atoms with Gasteiger partial charge < -0.3 is 15.9 Å². The first kappa shape index (κ1) is 11.5. The lowest BCUT2D eigenvalue weighted by Gasteiger charge is -2.40. The van der Waals surface area contributed by atoms with E-state index in [1.807, 2.05) is 25.2 Å². The maximum atomic E-state index is 6.34. The molecule has 0 aromatic rings. The normalized spacial score (nSPS) is 27.6. The van der Waals surface area contributed by atoms with Crippen molar-refractivity contribution in [3.63, 3.8) is 0 Å². The maximum absolute atomic E-state index is 6.34. The van der Waals surface area contributed by atoms with Crippen LogP contribution in [0.1, 0.15) is 13.3 Å². The molecule has 0 amide bonds. The second-order valence-electron chi connectivity index (χ2n) is 4.26. The number of hydrogen-bond acceptors (Lipinski definition) is 3. The highest BCUT2D eigenvalue weighted by molar-refractivity contribution is 6.75. The molecule has 0 heterocycles. The van der Waals surface area contributed by atoms with Crippen LogP contribution in [0.3, 0.4) is 0 Å². The summed E-state index contributed by atoms with van der Waals surface area (Å²) in [6.07, 6.45) is 6.59. The molecule has 0 saturated heterocycles. The van der Waals surface area contributed by atoms with Gasteiger partial charge in [-0.25, -0.2) is 0 Å². The van der Waals surface area contributed by atoms with Gasteiger partial charge in [0.2, 0.25) is 8.32 Å². The number of rotatable bonds is 3. The zero-order chi connectivity index (χ0) is 10.8. The molecule has 1 aliphatic rings. The summed E-state index contributed by atoms with van der Waals surface area (Å²) in [5, 5.41) is -0.359. The zero-order valence-corrected chi connectivity index (χ0v) is 10.2. The van der Waals surface area contributed by atoms with E-state index in [1.54, 1.807) is 0 Å². The van der Waals surface area contributed by atoms with Gasteiger partial charge in [-0.15, -0.1) is 0 Å². The van der Waals surface area contributed by atoms with Crippen LogP contribution in [0.4, 0.5) is 0 Å². The Morgan fingerprint density at radius 2 is 2.21 bits per heavy atom. The van der Waals surface area contributed by atoms with E-state index < -0.39 is 8.32 Å². The molecular weight excluding hydrogens is 192 g/mol. The van der Waals surface area contributed by atoms with Gasteiger partial charge in [0.1, 0.15) is 0 Å². The third-order valence-corrected chi connectivity index (χ3v) is 6.42. The molecule has 1 aliphatic carbocycles. The summed E-state index contributed by atoms with van der Waals surface area (Å²) >= 11 is 0. The van der Waals surface area contributed by atoms with E-state index in [0.29, 0.717) is 6.42 Å². The van der Waals surface area contributed by atoms with Gasteiger partial charge in [0, 0.05) is 18.7 Å². The summed E-state index contributed by atoms with van der Waals surface area (Å²) < 4.78 is 5.80. The molecule has 0 spiro atoms. The van der Waals surface area contributed by atoms with Crippen molar-refractivity contribution in [1.29, 1.82) is 0 Å². The van der Waals surface area contributed by atoms with Gasteiger partial charge in [0.15, 0.2) is 0 Å². The second-order valence-corrected chi connectivity index (χ2v) is 8.50. The van der Waals surface area contributed by atoms with Gasteiger partial charge in [0.25, 0.3) is 0 Å². The van der Waals surface area contributed by atoms with Crippen molar-refractivity contribution in [2.75, 3.05) is 6.61 Å². The molecule has 4 N–H and O–H groups in total. The Kier molecular flexibility index (Phi) is 3.19. The fraction of sp³-hybridized carbons (Fsp3) is 0.600. The van der Waals surface area contributed by atoms with Crippen LogP contribution >= 0.6 is 0 Å². The Bertz CT molecular complexity index is 273. The van der Waals surface area contributed by atoms with Crippen LogP contribution in [0.25, 0.3) is 0 Å². The van der Waals surface area contributed by atoms with Gasteiger partial charge in [-0.05, 0) is 26.1 Å². The van der Waals surface area contributed by atoms with E-state index in [9.17, 15) is 0 Å². The highest BCUT2D eigenvalue weighted by Gasteiger charge is 2.44. The fourth-order valence-electron chi connectivity index (χ4n) is 1.71. The molecule has 3 nitrogen and oxygen atoms in total. The van der Waals surface area contributed by atoms with E-state index in [-0.39, 0.29) is 5.16 Å². The monoisotopic (exact) mass is 212 g/mol. The molecule has 0 aliphatic heterocycles. The minimum absolute atomic E-state index is 0.359. The van der Waals surface area contributed by atoms with Crippen molar-refractivity contribution < 1.29 is 4.43 Å². The molecule has 0 aromatic heterocycles. The Balaban J connectivity index is 2.86. The van der Waals surface area contributed by atoms with E-state index in [0.717, 1.165) is 12.3 Å². The molecule has 0 radical (unpaired) electrons. The van der Waals surface area contributed by atoms with E-state index in [4.69, 9.17) is 15.9 Å². The van der Waals surface area contributed by atoms with Gasteiger partial charge in [0.05, 0.1) is 5.16 Å². The second kappa shape index (κ2) is 3.88. The van der Waals surface area contributed by atoms with Crippen LogP contribution in [-0.4, -0.2) is 20.1 Å². The lowest BCUT2D eigenvalue weighted by atomic mass is 10.1. The van der Waals surface area contributed by atoms with Crippen molar-refractivity contribution in [2.24, 2.45) is 11.5 Å². The predicted molar refractivity (Wildman–Crippen MR) is 62.1 cm³/mol. The number of nitrogens with two attached hydrogens (primary N) is 2. The Hall–Kier alpha value is -0.583. The Morgan fingerprint density at radius 3 is 2.71 bits per heavy atom. The summed E-state index contributed by atoms with van der Waals surface area (Å²) in [6, 6.07) is 0. The Morgan fingerprint density at radius 1 is 1.57 bits per heavy atom. The molecular formula is C10H20N2OSi. The van der Waals surface area contributed by atoms with Crippen molar-refractivity contribution >= 4 is 8.32 Å². The molecule has 4 heteroatoms. The van der Waals surface area contributed by atoms with Crippen LogP contribution in [0.5, 0.6) is 0 Å². The molecule has 0 bridgehead atoms. The van der Waals surface area contributed by atoms with Crippen molar-refractivity contribution in [3.05, 3.63) is 23.9 Å². The fourth-order valence-corrected chi connectivity index (χ4v) is 3.83. The third-order valence-electron chi connectivity index (χ3n) is 2.83. The van der Waals surface area contributed by atoms with E-state index in [2.05, 4.69) is 13.1 Å². The van der Waals surface area contributed by atoms with Gasteiger partial charge >= 0.3 is 0 Å². The molecule has 0 saturated carbocycles. The first-order valence-electron chi connectivity index (χ1n) is 4.98. The highest BCUT2D eigenvalue weighted by atomic mass is 28.4. The first-order chi connectivity index (χ1) is 6.41. The molecule has 0 fully saturated rings. The predicted octanol–water partition coefficient (Wildman–Crippen LogP) is 1.27. The lowest BCUT2D eigenvalue weighted by molar-refractivity contribution is 0.308. The topological polar surface area (TPSA) is 61.3 Å². The maximum Gasteiger partial charge on any atom is 0.210 e. The molecule has 1 rings (SSSR count). The van der Waals surface area contributed by atoms with E-state index >= 15 is 0 Å². The standard InChI is InChI=1S/C10H20N2OSi/c1-4-13-14(2,3)10(12)7-5-6-9(11)8-10/h5-7H,4,8,11-12H2,1-3H3. The van der Waals surface area contributed by atoms with E-state index in [1.165, 1.54) is 0 Å². The average molecular weight is 212 g/mol. The summed E-state index contributed by atoms with van der Waals surface area (Å²) in [6.45, 7) is 7.00. The number of allylic oxidation sites excluding steroid dienone is 2. The Labute approximate surface area is 86.9 Å². The molecule has 1 atom stereocenters. The van der Waals surface area contributed by atoms with Crippen molar-refractivity contribution in [3.8, 4) is 0 Å². The summed E-state index contributed by atoms with van der Waals surface area (Å²) in [7, 11) is -1.90. The zero-order valence-electron chi connectivity index (χ0n) is 9.21. The van der Waals surface area contributed by atoms with Gasteiger partial charge in [-0.1, -0.05) is 12.2 Å². The third kappa shape index (κ3) is 2.08. The largest absolute Gasteiger partial charge is 0.415 e. The molecule has 14 heavy (non-hydrogen) atoms. The van der Waals surface area contributed by atoms with Crippen LogP contribution in [0.2, 0.25) is 13.1 Å². The average Bonchev–Trinajstić information content (AvgIpc) is 2.03. The highest BCUT2D eigenvalue weighted by Crippen LogP contribution is 2.28. The van der Waals surface area contributed by atoms with Crippen LogP contribution in [-0.2, 0) is 4.43 Å². The van der Waals surface area contributed by atoms with Crippen molar-refractivity contribution in [1.82, 2.24) is 0 Å². The quantitative estimate of drug-likeness (QED) is 0.693. The van der Waals surface area contributed by atoms with Gasteiger partial charge in [-0.2, -0.15) is 0 Å². The van der Waals surface area contributed by atoms with Gasteiger partial charge in [-0.3, -0.25) is 0 Å². The molecule has 80 valence electrons. The SMILES string of the molecule is CCO[Si](C)(C)C1(N)C=CC=C(N)C1. The number of hydrogen-bond donors (Lipinski definition) is 2. The molecule has 1 unspecified atom stereocenters. The first-order valence-corrected chi connectivity index (χ1v) is 7.89. The van der Waals surface area contributed by atoms with Crippen LogP contribution in [0, 0.1) is 0 Å². The molecule has 0 aromatic carbocycles. The van der Waals surface area contributed by atoms with Crippen molar-refractivity contribution in [2.45, 2.75) is 31.6 Å². The summed E-state index contributed by atoms with van der Waals surface area (Å²) in [5.74, 6) is 0. The van der Waals surface area contributed by atoms with Crippen LogP contribution in [0.15, 0.2) is 23.9 Å². The summed E-state index contributed by atoms with van der Waals surface area (Å²) in [5.41, 5.74) is 13.0. The van der Waals surface area contributed by atoms with Crippen LogP contribution < -0.4 is 11.5 Å². The lowest BCUT2D eigenvalue weighted by Crippen LogP contribution is -2.62. The summed E-state index contributed by atoms with van der Waals surface area (Å²) in [4.78, 5) is 0.